The number of aryl methyl sites for hydroxylation is 1. The Kier molecular flexibility index (Phi) is 4.21. The standard InChI is InChI=1S/C13H17N3O5S/c1-8-6-10(16(18)19)7-12(9(8)2)22(20,21)15-5-3-4-11(15)13(14)17/h6-7,11H,3-5H2,1-2H3,(H2,14,17). The minimum atomic E-state index is -4.01. The van der Waals surface area contributed by atoms with Crippen LogP contribution in [0, 0.1) is 24.0 Å². The van der Waals surface area contributed by atoms with Crippen molar-refractivity contribution >= 4 is 21.6 Å². The van der Waals surface area contributed by atoms with Gasteiger partial charge >= 0.3 is 0 Å². The van der Waals surface area contributed by atoms with Crippen LogP contribution in [0.25, 0.3) is 0 Å². The number of hydrogen-bond acceptors (Lipinski definition) is 5. The maximum atomic E-state index is 12.8. The van der Waals surface area contributed by atoms with Crippen LogP contribution in [0.15, 0.2) is 17.0 Å². The summed E-state index contributed by atoms with van der Waals surface area (Å²) in [5.41, 5.74) is 5.89. The molecule has 1 fully saturated rings. The molecule has 1 unspecified atom stereocenters. The Morgan fingerprint density at radius 2 is 2.05 bits per heavy atom. The average Bonchev–Trinajstić information content (AvgIpc) is 2.91. The lowest BCUT2D eigenvalue weighted by Crippen LogP contribution is -2.43. The molecule has 2 rings (SSSR count). The Morgan fingerprint density at radius 3 is 2.59 bits per heavy atom. The van der Waals surface area contributed by atoms with E-state index < -0.39 is 26.9 Å². The van der Waals surface area contributed by atoms with E-state index >= 15 is 0 Å². The molecule has 8 nitrogen and oxygen atoms in total. The zero-order chi connectivity index (χ0) is 16.7. The Morgan fingerprint density at radius 1 is 1.41 bits per heavy atom. The van der Waals surface area contributed by atoms with Gasteiger partial charge < -0.3 is 5.73 Å². The number of amides is 1. The zero-order valence-corrected chi connectivity index (χ0v) is 13.1. The van der Waals surface area contributed by atoms with Crippen LogP contribution < -0.4 is 5.73 Å². The minimum Gasteiger partial charge on any atom is -0.368 e. The van der Waals surface area contributed by atoms with Crippen molar-refractivity contribution in [3.8, 4) is 0 Å². The van der Waals surface area contributed by atoms with E-state index in [0.29, 0.717) is 24.0 Å². The van der Waals surface area contributed by atoms with E-state index in [1.807, 2.05) is 0 Å². The third-order valence-electron chi connectivity index (χ3n) is 3.93. The molecule has 0 aliphatic carbocycles. The highest BCUT2D eigenvalue weighted by Crippen LogP contribution is 2.31. The van der Waals surface area contributed by atoms with Gasteiger partial charge in [0, 0.05) is 18.7 Å². The molecule has 1 heterocycles. The van der Waals surface area contributed by atoms with Gasteiger partial charge in [-0.25, -0.2) is 8.42 Å². The SMILES string of the molecule is Cc1cc([N+](=O)[O-])cc(S(=O)(=O)N2CCCC2C(N)=O)c1C. The lowest BCUT2D eigenvalue weighted by Gasteiger charge is -2.23. The molecule has 22 heavy (non-hydrogen) atoms. The number of carbonyl (C=O) groups excluding carboxylic acids is 1. The van der Waals surface area contributed by atoms with Crippen molar-refractivity contribution in [1.82, 2.24) is 4.31 Å². The monoisotopic (exact) mass is 327 g/mol. The number of sulfonamides is 1. The molecule has 0 radical (unpaired) electrons. The topological polar surface area (TPSA) is 124 Å². The number of non-ortho nitro benzene ring substituents is 1. The third-order valence-corrected chi connectivity index (χ3v) is 5.97. The van der Waals surface area contributed by atoms with Crippen LogP contribution in [0.2, 0.25) is 0 Å². The highest BCUT2D eigenvalue weighted by molar-refractivity contribution is 7.89. The molecule has 1 amide bonds. The predicted molar refractivity (Wildman–Crippen MR) is 78.7 cm³/mol. The second-order valence-electron chi connectivity index (χ2n) is 5.32. The fraction of sp³-hybridized carbons (Fsp3) is 0.462. The molecule has 0 aromatic heterocycles. The first-order chi connectivity index (χ1) is 10.2. The van der Waals surface area contributed by atoms with Crippen LogP contribution in [-0.2, 0) is 14.8 Å². The van der Waals surface area contributed by atoms with Gasteiger partial charge in [0.2, 0.25) is 15.9 Å². The van der Waals surface area contributed by atoms with Crippen LogP contribution in [0.3, 0.4) is 0 Å². The van der Waals surface area contributed by atoms with Crippen LogP contribution >= 0.6 is 0 Å². The fourth-order valence-electron chi connectivity index (χ4n) is 2.62. The van der Waals surface area contributed by atoms with Gasteiger partial charge in [0.15, 0.2) is 0 Å². The molecule has 0 saturated carbocycles. The fourth-order valence-corrected chi connectivity index (χ4v) is 4.60. The summed E-state index contributed by atoms with van der Waals surface area (Å²) in [7, 11) is -4.01. The molecule has 2 N–H and O–H groups in total. The Bertz CT molecular complexity index is 744. The average molecular weight is 327 g/mol. The van der Waals surface area contributed by atoms with Gasteiger partial charge in [0.05, 0.1) is 9.82 Å². The summed E-state index contributed by atoms with van der Waals surface area (Å²) in [6.07, 6.45) is 0.890. The number of benzene rings is 1. The van der Waals surface area contributed by atoms with Gasteiger partial charge in [0.1, 0.15) is 6.04 Å². The molecule has 1 aliphatic heterocycles. The van der Waals surface area contributed by atoms with Crippen LogP contribution in [0.5, 0.6) is 0 Å². The number of nitro groups is 1. The van der Waals surface area contributed by atoms with Crippen molar-refractivity contribution in [1.29, 1.82) is 0 Å². The highest BCUT2D eigenvalue weighted by atomic mass is 32.2. The summed E-state index contributed by atoms with van der Waals surface area (Å²) >= 11 is 0. The van der Waals surface area contributed by atoms with Gasteiger partial charge in [-0.05, 0) is 37.8 Å². The maximum Gasteiger partial charge on any atom is 0.271 e. The first-order valence-corrected chi connectivity index (χ1v) is 8.17. The van der Waals surface area contributed by atoms with Crippen LogP contribution in [-0.4, -0.2) is 36.1 Å². The zero-order valence-electron chi connectivity index (χ0n) is 12.3. The molecule has 0 bridgehead atoms. The van der Waals surface area contributed by atoms with Crippen molar-refractivity contribution in [2.24, 2.45) is 5.73 Å². The van der Waals surface area contributed by atoms with E-state index in [0.717, 1.165) is 10.4 Å². The molecule has 9 heteroatoms. The van der Waals surface area contributed by atoms with Crippen molar-refractivity contribution in [3.63, 3.8) is 0 Å². The normalized spacial score (nSPS) is 19.3. The summed E-state index contributed by atoms with van der Waals surface area (Å²) in [4.78, 5) is 21.6. The van der Waals surface area contributed by atoms with E-state index in [2.05, 4.69) is 0 Å². The summed E-state index contributed by atoms with van der Waals surface area (Å²) in [6, 6.07) is 1.46. The molecular formula is C13H17N3O5S. The minimum absolute atomic E-state index is 0.146. The molecule has 1 saturated heterocycles. The first-order valence-electron chi connectivity index (χ1n) is 6.73. The van der Waals surface area contributed by atoms with Crippen molar-refractivity contribution in [3.05, 3.63) is 33.4 Å². The van der Waals surface area contributed by atoms with E-state index in [1.54, 1.807) is 13.8 Å². The quantitative estimate of drug-likeness (QED) is 0.648. The summed E-state index contributed by atoms with van der Waals surface area (Å²) in [5.74, 6) is -0.708. The van der Waals surface area contributed by atoms with Gasteiger partial charge in [0.25, 0.3) is 5.69 Å². The van der Waals surface area contributed by atoms with Crippen molar-refractivity contribution in [2.75, 3.05) is 6.54 Å². The number of nitrogens with zero attached hydrogens (tertiary/aromatic N) is 2. The van der Waals surface area contributed by atoms with E-state index in [1.165, 1.54) is 6.07 Å². The van der Waals surface area contributed by atoms with Crippen molar-refractivity contribution in [2.45, 2.75) is 37.6 Å². The maximum absolute atomic E-state index is 12.8. The summed E-state index contributed by atoms with van der Waals surface area (Å²) in [5, 5.41) is 11.0. The molecule has 1 aliphatic rings. The Hall–Kier alpha value is -2.00. The van der Waals surface area contributed by atoms with Gasteiger partial charge in [-0.2, -0.15) is 4.31 Å². The second kappa shape index (κ2) is 5.65. The number of rotatable bonds is 4. The summed E-state index contributed by atoms with van der Waals surface area (Å²) < 4.78 is 26.6. The molecule has 1 aromatic carbocycles. The largest absolute Gasteiger partial charge is 0.368 e. The number of carbonyl (C=O) groups is 1. The van der Waals surface area contributed by atoms with Gasteiger partial charge in [-0.15, -0.1) is 0 Å². The molecule has 0 spiro atoms. The van der Waals surface area contributed by atoms with Gasteiger partial charge in [-0.1, -0.05) is 0 Å². The number of nitro benzene ring substituents is 1. The van der Waals surface area contributed by atoms with Crippen molar-refractivity contribution < 1.29 is 18.1 Å². The van der Waals surface area contributed by atoms with Gasteiger partial charge in [-0.3, -0.25) is 14.9 Å². The second-order valence-corrected chi connectivity index (χ2v) is 7.18. The highest BCUT2D eigenvalue weighted by Gasteiger charge is 2.39. The Labute approximate surface area is 128 Å². The molecule has 1 aromatic rings. The summed E-state index contributed by atoms with van der Waals surface area (Å²) in [6.45, 7) is 3.37. The number of primary amides is 1. The van der Waals surface area contributed by atoms with Crippen LogP contribution in [0.1, 0.15) is 24.0 Å². The van der Waals surface area contributed by atoms with Crippen LogP contribution in [0.4, 0.5) is 5.69 Å². The lowest BCUT2D eigenvalue weighted by atomic mass is 10.1. The number of hydrogen-bond donors (Lipinski definition) is 1. The smallest absolute Gasteiger partial charge is 0.271 e. The van der Waals surface area contributed by atoms with E-state index in [-0.39, 0.29) is 17.1 Å². The third kappa shape index (κ3) is 2.69. The van der Waals surface area contributed by atoms with E-state index in [4.69, 9.17) is 5.73 Å². The molecule has 120 valence electrons. The molecule has 1 atom stereocenters. The Balaban J connectivity index is 2.59. The first kappa shape index (κ1) is 16.4. The lowest BCUT2D eigenvalue weighted by molar-refractivity contribution is -0.385. The van der Waals surface area contributed by atoms with E-state index in [9.17, 15) is 23.3 Å². The molecular weight excluding hydrogens is 310 g/mol. The predicted octanol–water partition coefficient (Wildman–Crippen LogP) is 0.850. The number of nitrogens with two attached hydrogens (primary N) is 1.